The van der Waals surface area contributed by atoms with Gasteiger partial charge < -0.3 is 4.74 Å². The Morgan fingerprint density at radius 1 is 1.12 bits per heavy atom. The van der Waals surface area contributed by atoms with E-state index in [9.17, 15) is 0 Å². The predicted molar refractivity (Wildman–Crippen MR) is 71.5 cm³/mol. The van der Waals surface area contributed by atoms with Crippen molar-refractivity contribution < 1.29 is 4.74 Å². The molecular formula is C15H15ClO. The van der Waals surface area contributed by atoms with Crippen LogP contribution in [0.15, 0.2) is 42.5 Å². The quantitative estimate of drug-likeness (QED) is 0.723. The molecule has 17 heavy (non-hydrogen) atoms. The fourth-order valence-electron chi connectivity index (χ4n) is 2.53. The minimum Gasteiger partial charge on any atom is -0.381 e. The van der Waals surface area contributed by atoms with Crippen LogP contribution in [-0.2, 0) is 4.74 Å². The lowest BCUT2D eigenvalue weighted by Crippen LogP contribution is -2.08. The van der Waals surface area contributed by atoms with Gasteiger partial charge in [0, 0.05) is 12.5 Å². The van der Waals surface area contributed by atoms with Gasteiger partial charge in [0.1, 0.15) is 0 Å². The molecule has 0 amide bonds. The molecular weight excluding hydrogens is 232 g/mol. The van der Waals surface area contributed by atoms with Gasteiger partial charge in [0.2, 0.25) is 0 Å². The molecule has 0 N–H and O–H groups in total. The van der Waals surface area contributed by atoms with E-state index in [1.807, 2.05) is 0 Å². The number of benzene rings is 2. The fourth-order valence-corrected chi connectivity index (χ4v) is 2.92. The van der Waals surface area contributed by atoms with Crippen LogP contribution in [-0.4, -0.2) is 13.2 Å². The molecule has 0 bridgehead atoms. The van der Waals surface area contributed by atoms with Gasteiger partial charge in [0.25, 0.3) is 0 Å². The molecule has 1 aliphatic rings. The third kappa shape index (κ3) is 2.05. The van der Waals surface area contributed by atoms with Crippen molar-refractivity contribution in [2.45, 2.75) is 11.8 Å². The third-order valence-electron chi connectivity index (χ3n) is 3.50. The van der Waals surface area contributed by atoms with Crippen LogP contribution in [0.2, 0.25) is 0 Å². The van der Waals surface area contributed by atoms with Crippen LogP contribution in [0.3, 0.4) is 0 Å². The second kappa shape index (κ2) is 4.67. The van der Waals surface area contributed by atoms with E-state index >= 15 is 0 Å². The molecule has 88 valence electrons. The molecule has 1 nitrogen and oxygen atoms in total. The van der Waals surface area contributed by atoms with Crippen molar-refractivity contribution in [2.24, 2.45) is 5.92 Å². The lowest BCUT2D eigenvalue weighted by atomic mass is 9.94. The lowest BCUT2D eigenvalue weighted by molar-refractivity contribution is 0.185. The molecule has 2 atom stereocenters. The number of hydrogen-bond donors (Lipinski definition) is 0. The molecule has 1 heterocycles. The largest absolute Gasteiger partial charge is 0.381 e. The maximum absolute atomic E-state index is 6.61. The molecule has 0 spiro atoms. The first kappa shape index (κ1) is 11.1. The van der Waals surface area contributed by atoms with Crippen LogP contribution < -0.4 is 0 Å². The molecule has 2 heteroatoms. The highest BCUT2D eigenvalue weighted by atomic mass is 35.5. The Kier molecular flexibility index (Phi) is 3.04. The topological polar surface area (TPSA) is 9.23 Å². The SMILES string of the molecule is ClC(c1cccc2ccccc12)C1CCOC1. The van der Waals surface area contributed by atoms with Crippen molar-refractivity contribution in [3.63, 3.8) is 0 Å². The average Bonchev–Trinajstić information content (AvgIpc) is 2.91. The zero-order valence-corrected chi connectivity index (χ0v) is 10.4. The summed E-state index contributed by atoms with van der Waals surface area (Å²) in [5, 5.41) is 2.58. The van der Waals surface area contributed by atoms with Gasteiger partial charge in [-0.3, -0.25) is 0 Å². The van der Waals surface area contributed by atoms with Crippen LogP contribution in [0.1, 0.15) is 17.4 Å². The Hall–Kier alpha value is -1.05. The summed E-state index contributed by atoms with van der Waals surface area (Å²) in [6.07, 6.45) is 1.07. The maximum Gasteiger partial charge on any atom is 0.0642 e. The summed E-state index contributed by atoms with van der Waals surface area (Å²) >= 11 is 6.61. The third-order valence-corrected chi connectivity index (χ3v) is 4.09. The molecule has 1 saturated heterocycles. The van der Waals surface area contributed by atoms with Crippen molar-refractivity contribution in [1.82, 2.24) is 0 Å². The Morgan fingerprint density at radius 3 is 2.76 bits per heavy atom. The van der Waals surface area contributed by atoms with Crippen molar-refractivity contribution in [1.29, 1.82) is 0 Å². The Labute approximate surface area is 106 Å². The van der Waals surface area contributed by atoms with Gasteiger partial charge in [-0.25, -0.2) is 0 Å². The highest BCUT2D eigenvalue weighted by Crippen LogP contribution is 2.37. The van der Waals surface area contributed by atoms with E-state index in [4.69, 9.17) is 16.3 Å². The van der Waals surface area contributed by atoms with Gasteiger partial charge in [0.15, 0.2) is 0 Å². The number of ether oxygens (including phenoxy) is 1. The van der Waals surface area contributed by atoms with Gasteiger partial charge in [0.05, 0.1) is 12.0 Å². The lowest BCUT2D eigenvalue weighted by Gasteiger charge is -2.17. The standard InChI is InChI=1S/C15H15ClO/c16-15(12-8-9-17-10-12)14-7-3-5-11-4-1-2-6-13(11)14/h1-7,12,15H,8-10H2. The maximum atomic E-state index is 6.61. The molecule has 2 unspecified atom stereocenters. The average molecular weight is 247 g/mol. The smallest absolute Gasteiger partial charge is 0.0642 e. The molecule has 2 aromatic rings. The van der Waals surface area contributed by atoms with Crippen molar-refractivity contribution in [3.05, 3.63) is 48.0 Å². The van der Waals surface area contributed by atoms with Crippen LogP contribution in [0.25, 0.3) is 10.8 Å². The Bertz CT molecular complexity index is 512. The van der Waals surface area contributed by atoms with E-state index < -0.39 is 0 Å². The van der Waals surface area contributed by atoms with Gasteiger partial charge in [-0.05, 0) is 22.8 Å². The molecule has 0 aromatic heterocycles. The summed E-state index contributed by atoms with van der Waals surface area (Å²) in [4.78, 5) is 0. The van der Waals surface area contributed by atoms with Crippen molar-refractivity contribution in [3.8, 4) is 0 Å². The molecule has 1 fully saturated rings. The highest BCUT2D eigenvalue weighted by Gasteiger charge is 2.26. The normalized spacial score (nSPS) is 21.8. The number of rotatable bonds is 2. The molecule has 1 aliphatic heterocycles. The number of alkyl halides is 1. The summed E-state index contributed by atoms with van der Waals surface area (Å²) in [5.74, 6) is 0.447. The van der Waals surface area contributed by atoms with Crippen LogP contribution in [0, 0.1) is 5.92 Å². The van der Waals surface area contributed by atoms with Gasteiger partial charge in [-0.1, -0.05) is 42.5 Å². The van der Waals surface area contributed by atoms with Crippen LogP contribution in [0.4, 0.5) is 0 Å². The number of halogens is 1. The predicted octanol–water partition coefficient (Wildman–Crippen LogP) is 4.16. The van der Waals surface area contributed by atoms with Crippen molar-refractivity contribution >= 4 is 22.4 Å². The number of fused-ring (bicyclic) bond motifs is 1. The molecule has 0 saturated carbocycles. The second-order valence-corrected chi connectivity index (χ2v) is 5.06. The van der Waals surface area contributed by atoms with E-state index in [0.717, 1.165) is 19.6 Å². The first-order chi connectivity index (χ1) is 8.36. The van der Waals surface area contributed by atoms with Crippen LogP contribution >= 0.6 is 11.6 Å². The van der Waals surface area contributed by atoms with E-state index in [-0.39, 0.29) is 5.38 Å². The molecule has 3 rings (SSSR count). The Balaban J connectivity index is 2.04. The summed E-state index contributed by atoms with van der Waals surface area (Å²) in [6, 6.07) is 14.8. The van der Waals surface area contributed by atoms with E-state index in [2.05, 4.69) is 42.5 Å². The zero-order valence-electron chi connectivity index (χ0n) is 9.60. The first-order valence-electron chi connectivity index (χ1n) is 6.06. The summed E-state index contributed by atoms with van der Waals surface area (Å²) in [6.45, 7) is 1.63. The number of hydrogen-bond acceptors (Lipinski definition) is 1. The highest BCUT2D eigenvalue weighted by molar-refractivity contribution is 6.22. The Morgan fingerprint density at radius 2 is 1.94 bits per heavy atom. The molecule has 0 aliphatic carbocycles. The summed E-state index contributed by atoms with van der Waals surface area (Å²) in [7, 11) is 0. The van der Waals surface area contributed by atoms with Gasteiger partial charge in [-0.2, -0.15) is 0 Å². The summed E-state index contributed by atoms with van der Waals surface area (Å²) in [5.41, 5.74) is 1.24. The van der Waals surface area contributed by atoms with E-state index in [1.165, 1.54) is 16.3 Å². The van der Waals surface area contributed by atoms with Gasteiger partial charge >= 0.3 is 0 Å². The van der Waals surface area contributed by atoms with Crippen LogP contribution in [0.5, 0.6) is 0 Å². The first-order valence-corrected chi connectivity index (χ1v) is 6.49. The second-order valence-electron chi connectivity index (χ2n) is 4.59. The summed E-state index contributed by atoms with van der Waals surface area (Å²) < 4.78 is 5.43. The van der Waals surface area contributed by atoms with E-state index in [0.29, 0.717) is 5.92 Å². The minimum atomic E-state index is 0.0589. The van der Waals surface area contributed by atoms with E-state index in [1.54, 1.807) is 0 Å². The van der Waals surface area contributed by atoms with Gasteiger partial charge in [-0.15, -0.1) is 11.6 Å². The molecule has 2 aromatic carbocycles. The van der Waals surface area contributed by atoms with Crippen molar-refractivity contribution in [2.75, 3.05) is 13.2 Å². The fraction of sp³-hybridized carbons (Fsp3) is 0.333. The minimum absolute atomic E-state index is 0.0589. The zero-order chi connectivity index (χ0) is 11.7. The monoisotopic (exact) mass is 246 g/mol. The molecule has 0 radical (unpaired) electrons.